The Morgan fingerprint density at radius 2 is 2.15 bits per heavy atom. The first-order valence-electron chi connectivity index (χ1n) is 4.88. The van der Waals surface area contributed by atoms with Crippen LogP contribution in [0.1, 0.15) is 33.1 Å². The fourth-order valence-corrected chi connectivity index (χ4v) is 3.35. The molecule has 1 aliphatic rings. The number of hydrogen-bond donors (Lipinski definition) is 1. The Hall–Kier alpha value is -0.130. The normalized spacial score (nSPS) is 25.2. The van der Waals surface area contributed by atoms with Gasteiger partial charge in [0, 0.05) is 19.1 Å². The van der Waals surface area contributed by atoms with Gasteiger partial charge in [0.2, 0.25) is 0 Å². The fraction of sp³-hybridized carbons (Fsp3) is 1.00. The van der Waals surface area contributed by atoms with Crippen LogP contribution in [0.3, 0.4) is 0 Å². The molecule has 0 aromatic rings. The van der Waals surface area contributed by atoms with Gasteiger partial charge in [-0.3, -0.25) is 0 Å². The van der Waals surface area contributed by atoms with Gasteiger partial charge >= 0.3 is 0 Å². The Bertz CT molecular complexity index is 251. The molecule has 0 saturated carbocycles. The van der Waals surface area contributed by atoms with Crippen LogP contribution in [0.2, 0.25) is 0 Å². The average Bonchev–Trinajstić information content (AvgIpc) is 2.51. The maximum atomic E-state index is 11.6. The highest BCUT2D eigenvalue weighted by molar-refractivity contribution is 7.87. The predicted molar refractivity (Wildman–Crippen MR) is 52.6 cm³/mol. The van der Waals surface area contributed by atoms with E-state index >= 15 is 0 Å². The van der Waals surface area contributed by atoms with E-state index in [-0.39, 0.29) is 6.04 Å². The highest BCUT2D eigenvalue weighted by atomic mass is 32.2. The van der Waals surface area contributed by atoms with Crippen molar-refractivity contribution in [2.24, 2.45) is 0 Å². The van der Waals surface area contributed by atoms with Crippen molar-refractivity contribution >= 4 is 10.2 Å². The van der Waals surface area contributed by atoms with Crippen LogP contribution in [0.5, 0.6) is 0 Å². The minimum Gasteiger partial charge on any atom is -0.202 e. The highest BCUT2D eigenvalue weighted by Crippen LogP contribution is 2.22. The molecule has 0 amide bonds. The zero-order valence-corrected chi connectivity index (χ0v) is 9.10. The van der Waals surface area contributed by atoms with E-state index in [9.17, 15) is 8.42 Å². The van der Waals surface area contributed by atoms with Crippen molar-refractivity contribution in [2.45, 2.75) is 39.2 Å². The van der Waals surface area contributed by atoms with Crippen LogP contribution in [0.4, 0.5) is 0 Å². The predicted octanol–water partition coefficient (Wildman–Crippen LogP) is 0.715. The van der Waals surface area contributed by atoms with Gasteiger partial charge in [-0.1, -0.05) is 13.8 Å². The molecule has 1 fully saturated rings. The molecule has 13 heavy (non-hydrogen) atoms. The molecule has 0 radical (unpaired) electrons. The molecule has 0 bridgehead atoms. The minimum absolute atomic E-state index is 0.212. The number of nitrogens with zero attached hydrogens (tertiary/aromatic N) is 1. The SMILES string of the molecule is CCNS(=O)(=O)N1CCCC1CC. The summed E-state index contributed by atoms with van der Waals surface area (Å²) < 4.78 is 27.4. The summed E-state index contributed by atoms with van der Waals surface area (Å²) >= 11 is 0. The topological polar surface area (TPSA) is 49.4 Å². The molecule has 4 nitrogen and oxygen atoms in total. The lowest BCUT2D eigenvalue weighted by Crippen LogP contribution is -2.43. The molecule has 78 valence electrons. The largest absolute Gasteiger partial charge is 0.279 e. The Kier molecular flexibility index (Phi) is 3.70. The lowest BCUT2D eigenvalue weighted by atomic mass is 10.2. The van der Waals surface area contributed by atoms with Crippen LogP contribution in [0, 0.1) is 0 Å². The van der Waals surface area contributed by atoms with Gasteiger partial charge in [-0.15, -0.1) is 0 Å². The van der Waals surface area contributed by atoms with Crippen molar-refractivity contribution in [1.29, 1.82) is 0 Å². The van der Waals surface area contributed by atoms with Gasteiger partial charge in [0.15, 0.2) is 0 Å². The molecule has 1 rings (SSSR count). The first-order valence-corrected chi connectivity index (χ1v) is 6.32. The van der Waals surface area contributed by atoms with Crippen LogP contribution >= 0.6 is 0 Å². The molecule has 1 heterocycles. The van der Waals surface area contributed by atoms with Crippen LogP contribution in [-0.2, 0) is 10.2 Å². The summed E-state index contributed by atoms with van der Waals surface area (Å²) in [5.41, 5.74) is 0. The van der Waals surface area contributed by atoms with E-state index in [0.717, 1.165) is 19.3 Å². The zero-order chi connectivity index (χ0) is 9.90. The van der Waals surface area contributed by atoms with Crippen LogP contribution < -0.4 is 4.72 Å². The summed E-state index contributed by atoms with van der Waals surface area (Å²) in [6, 6.07) is 0.212. The van der Waals surface area contributed by atoms with Crippen molar-refractivity contribution in [1.82, 2.24) is 9.03 Å². The van der Waals surface area contributed by atoms with Gasteiger partial charge in [-0.25, -0.2) is 4.72 Å². The van der Waals surface area contributed by atoms with E-state index < -0.39 is 10.2 Å². The molecule has 5 heteroatoms. The van der Waals surface area contributed by atoms with Gasteiger partial charge in [0.05, 0.1) is 0 Å². The molecular weight excluding hydrogens is 188 g/mol. The molecule has 0 aromatic heterocycles. The maximum absolute atomic E-state index is 11.6. The van der Waals surface area contributed by atoms with Crippen molar-refractivity contribution < 1.29 is 8.42 Å². The Labute approximate surface area is 80.5 Å². The highest BCUT2D eigenvalue weighted by Gasteiger charge is 2.32. The summed E-state index contributed by atoms with van der Waals surface area (Å²) in [5, 5.41) is 0. The monoisotopic (exact) mass is 206 g/mol. The van der Waals surface area contributed by atoms with Gasteiger partial charge in [-0.05, 0) is 19.3 Å². The Balaban J connectivity index is 2.69. The summed E-state index contributed by atoms with van der Waals surface area (Å²) in [6.07, 6.45) is 2.90. The lowest BCUT2D eigenvalue weighted by Gasteiger charge is -2.22. The molecule has 1 aliphatic heterocycles. The molecule has 1 atom stereocenters. The number of rotatable bonds is 4. The molecule has 1 saturated heterocycles. The number of nitrogens with one attached hydrogen (secondary N) is 1. The summed E-state index contributed by atoms with van der Waals surface area (Å²) in [4.78, 5) is 0. The van der Waals surface area contributed by atoms with Gasteiger partial charge < -0.3 is 0 Å². The minimum atomic E-state index is -3.19. The molecule has 0 aromatic carbocycles. The van der Waals surface area contributed by atoms with Gasteiger partial charge in [-0.2, -0.15) is 12.7 Å². The van der Waals surface area contributed by atoms with Crippen molar-refractivity contribution in [3.63, 3.8) is 0 Å². The second-order valence-corrected chi connectivity index (χ2v) is 5.03. The molecular formula is C8H18N2O2S. The third-order valence-corrected chi connectivity index (χ3v) is 4.18. The number of hydrogen-bond acceptors (Lipinski definition) is 2. The van der Waals surface area contributed by atoms with Gasteiger partial charge in [0.1, 0.15) is 0 Å². The fourth-order valence-electron chi connectivity index (χ4n) is 1.80. The first kappa shape index (κ1) is 10.9. The van der Waals surface area contributed by atoms with E-state index in [1.54, 1.807) is 11.2 Å². The average molecular weight is 206 g/mol. The Morgan fingerprint density at radius 3 is 2.69 bits per heavy atom. The van der Waals surface area contributed by atoms with E-state index in [0.29, 0.717) is 13.1 Å². The summed E-state index contributed by atoms with van der Waals surface area (Å²) in [7, 11) is -3.19. The summed E-state index contributed by atoms with van der Waals surface area (Å²) in [5.74, 6) is 0. The first-order chi connectivity index (χ1) is 6.11. The standard InChI is InChI=1S/C8H18N2O2S/c1-3-8-6-5-7-10(8)13(11,12)9-4-2/h8-9H,3-7H2,1-2H3. The maximum Gasteiger partial charge on any atom is 0.279 e. The second-order valence-electron chi connectivity index (χ2n) is 3.32. The van der Waals surface area contributed by atoms with Crippen LogP contribution in [0.15, 0.2) is 0 Å². The van der Waals surface area contributed by atoms with Gasteiger partial charge in [0.25, 0.3) is 10.2 Å². The van der Waals surface area contributed by atoms with Crippen molar-refractivity contribution in [3.05, 3.63) is 0 Å². The summed E-state index contributed by atoms with van der Waals surface area (Å²) in [6.45, 7) is 4.97. The van der Waals surface area contributed by atoms with E-state index in [4.69, 9.17) is 0 Å². The second kappa shape index (κ2) is 4.39. The Morgan fingerprint density at radius 1 is 1.46 bits per heavy atom. The molecule has 0 spiro atoms. The van der Waals surface area contributed by atoms with Crippen molar-refractivity contribution in [3.8, 4) is 0 Å². The zero-order valence-electron chi connectivity index (χ0n) is 8.28. The van der Waals surface area contributed by atoms with E-state index in [1.165, 1.54) is 0 Å². The lowest BCUT2D eigenvalue weighted by molar-refractivity contribution is 0.374. The van der Waals surface area contributed by atoms with Crippen LogP contribution in [-0.4, -0.2) is 31.9 Å². The van der Waals surface area contributed by atoms with E-state index in [2.05, 4.69) is 4.72 Å². The molecule has 0 aliphatic carbocycles. The molecule has 1 unspecified atom stereocenters. The quantitative estimate of drug-likeness (QED) is 0.736. The van der Waals surface area contributed by atoms with Crippen LogP contribution in [0.25, 0.3) is 0 Å². The smallest absolute Gasteiger partial charge is 0.202 e. The third kappa shape index (κ3) is 2.42. The third-order valence-electron chi connectivity index (χ3n) is 2.43. The van der Waals surface area contributed by atoms with E-state index in [1.807, 2.05) is 6.92 Å². The molecule has 1 N–H and O–H groups in total. The van der Waals surface area contributed by atoms with Crippen molar-refractivity contribution in [2.75, 3.05) is 13.1 Å².